The Labute approximate surface area is 150 Å². The molecule has 2 N–H and O–H groups in total. The summed E-state index contributed by atoms with van der Waals surface area (Å²) in [5, 5.41) is 6.65. The molecule has 0 amide bonds. The van der Waals surface area contributed by atoms with E-state index in [1.54, 1.807) is 25.2 Å². The number of para-hydroxylation sites is 1. The van der Waals surface area contributed by atoms with E-state index in [1.165, 1.54) is 25.5 Å². The van der Waals surface area contributed by atoms with E-state index in [9.17, 15) is 4.39 Å². The summed E-state index contributed by atoms with van der Waals surface area (Å²) >= 11 is 0. The molecule has 1 aromatic rings. The van der Waals surface area contributed by atoms with Gasteiger partial charge >= 0.3 is 0 Å². The second-order valence-corrected chi connectivity index (χ2v) is 6.59. The zero-order chi connectivity index (χ0) is 18.1. The molecule has 1 fully saturated rings. The van der Waals surface area contributed by atoms with Crippen LogP contribution in [0, 0.1) is 11.7 Å². The Morgan fingerprint density at radius 3 is 2.92 bits per heavy atom. The first kappa shape index (κ1) is 19.5. The fourth-order valence-corrected chi connectivity index (χ4v) is 3.11. The highest BCUT2D eigenvalue weighted by Gasteiger charge is 2.18. The van der Waals surface area contributed by atoms with Crippen LogP contribution in [0.1, 0.15) is 26.7 Å². The van der Waals surface area contributed by atoms with Gasteiger partial charge in [-0.25, -0.2) is 4.39 Å². The zero-order valence-electron chi connectivity index (χ0n) is 15.6. The van der Waals surface area contributed by atoms with Gasteiger partial charge in [0.15, 0.2) is 17.5 Å². The average molecular weight is 350 g/mol. The highest BCUT2D eigenvalue weighted by atomic mass is 19.1. The van der Waals surface area contributed by atoms with Gasteiger partial charge in [0.05, 0.1) is 6.54 Å². The molecule has 2 rings (SSSR count). The van der Waals surface area contributed by atoms with E-state index in [2.05, 4.69) is 27.4 Å². The van der Waals surface area contributed by atoms with E-state index in [1.807, 2.05) is 6.92 Å². The number of halogens is 1. The minimum atomic E-state index is -0.338. The van der Waals surface area contributed by atoms with Crippen LogP contribution in [0.4, 0.5) is 4.39 Å². The standard InChI is InChI=1S/C19H31FN4O/c1-4-24-11-7-8-16(14-24)13-23-19(21-3)22-12-15(2)25-18-10-6-5-9-17(18)20/h5-6,9-10,15-16H,4,7-8,11-14H2,1-3H3,(H2,21,22,23). The Balaban J connectivity index is 1.72. The van der Waals surface area contributed by atoms with Gasteiger partial charge in [-0.3, -0.25) is 4.99 Å². The molecule has 5 nitrogen and oxygen atoms in total. The number of guanidine groups is 1. The Hall–Kier alpha value is -1.82. The first-order valence-corrected chi connectivity index (χ1v) is 9.20. The van der Waals surface area contributed by atoms with E-state index in [0.717, 1.165) is 25.6 Å². The van der Waals surface area contributed by atoms with Crippen LogP contribution in [-0.2, 0) is 0 Å². The number of hydrogen-bond donors (Lipinski definition) is 2. The number of benzene rings is 1. The predicted molar refractivity (Wildman–Crippen MR) is 101 cm³/mol. The number of likely N-dealkylation sites (tertiary alicyclic amines) is 1. The van der Waals surface area contributed by atoms with Crippen molar-refractivity contribution in [3.05, 3.63) is 30.1 Å². The average Bonchev–Trinajstić information content (AvgIpc) is 2.64. The highest BCUT2D eigenvalue weighted by molar-refractivity contribution is 5.79. The van der Waals surface area contributed by atoms with E-state index in [0.29, 0.717) is 12.5 Å². The van der Waals surface area contributed by atoms with Crippen LogP contribution >= 0.6 is 0 Å². The minimum absolute atomic E-state index is 0.166. The lowest BCUT2D eigenvalue weighted by Crippen LogP contribution is -2.46. The molecule has 0 spiro atoms. The van der Waals surface area contributed by atoms with Crippen molar-refractivity contribution in [3.63, 3.8) is 0 Å². The summed E-state index contributed by atoms with van der Waals surface area (Å²) in [6.45, 7) is 9.07. The van der Waals surface area contributed by atoms with Crippen molar-refractivity contribution in [1.82, 2.24) is 15.5 Å². The molecule has 140 valence electrons. The van der Waals surface area contributed by atoms with Crippen molar-refractivity contribution in [2.45, 2.75) is 32.8 Å². The summed E-state index contributed by atoms with van der Waals surface area (Å²) in [5.41, 5.74) is 0. The summed E-state index contributed by atoms with van der Waals surface area (Å²) in [5.74, 6) is 1.35. The fraction of sp³-hybridized carbons (Fsp3) is 0.632. The molecule has 1 aliphatic rings. The smallest absolute Gasteiger partial charge is 0.191 e. The lowest BCUT2D eigenvalue weighted by molar-refractivity contribution is 0.183. The van der Waals surface area contributed by atoms with Crippen molar-refractivity contribution in [1.29, 1.82) is 0 Å². The molecular weight excluding hydrogens is 319 g/mol. The van der Waals surface area contributed by atoms with Crippen LogP contribution in [0.2, 0.25) is 0 Å². The van der Waals surface area contributed by atoms with Crippen LogP contribution in [-0.4, -0.2) is 56.7 Å². The maximum absolute atomic E-state index is 13.6. The third kappa shape index (κ3) is 6.53. The Bertz CT molecular complexity index is 552. The van der Waals surface area contributed by atoms with Gasteiger partial charge in [0.2, 0.25) is 0 Å². The normalized spacial score (nSPS) is 20.2. The monoisotopic (exact) mass is 350 g/mol. The van der Waals surface area contributed by atoms with Crippen LogP contribution < -0.4 is 15.4 Å². The van der Waals surface area contributed by atoms with E-state index in [4.69, 9.17) is 4.74 Å². The molecule has 1 saturated heterocycles. The van der Waals surface area contributed by atoms with Crippen molar-refractivity contribution in [2.75, 3.05) is 39.8 Å². The lowest BCUT2D eigenvalue weighted by atomic mass is 9.98. The molecule has 1 aromatic carbocycles. The molecule has 6 heteroatoms. The van der Waals surface area contributed by atoms with E-state index < -0.39 is 0 Å². The Kier molecular flexibility index (Phi) is 7.98. The highest BCUT2D eigenvalue weighted by Crippen LogP contribution is 2.17. The number of nitrogens with zero attached hydrogens (tertiary/aromatic N) is 2. The zero-order valence-corrected chi connectivity index (χ0v) is 15.6. The molecule has 2 atom stereocenters. The number of hydrogen-bond acceptors (Lipinski definition) is 3. The van der Waals surface area contributed by atoms with Crippen LogP contribution in [0.5, 0.6) is 5.75 Å². The minimum Gasteiger partial charge on any atom is -0.486 e. The fourth-order valence-electron chi connectivity index (χ4n) is 3.11. The lowest BCUT2D eigenvalue weighted by Gasteiger charge is -2.32. The second-order valence-electron chi connectivity index (χ2n) is 6.59. The van der Waals surface area contributed by atoms with Crippen molar-refractivity contribution in [3.8, 4) is 5.75 Å². The third-order valence-electron chi connectivity index (χ3n) is 4.55. The van der Waals surface area contributed by atoms with E-state index >= 15 is 0 Å². The number of piperidine rings is 1. The van der Waals surface area contributed by atoms with Gasteiger partial charge in [-0.2, -0.15) is 0 Å². The SMILES string of the molecule is CCN1CCCC(CNC(=NC)NCC(C)Oc2ccccc2F)C1. The van der Waals surface area contributed by atoms with Gasteiger partial charge in [0.1, 0.15) is 6.10 Å². The maximum atomic E-state index is 13.6. The van der Waals surface area contributed by atoms with Crippen LogP contribution in [0.3, 0.4) is 0 Å². The molecule has 0 saturated carbocycles. The molecule has 2 unspecified atom stereocenters. The quantitative estimate of drug-likeness (QED) is 0.586. The van der Waals surface area contributed by atoms with Crippen molar-refractivity contribution >= 4 is 5.96 Å². The van der Waals surface area contributed by atoms with Crippen LogP contribution in [0.25, 0.3) is 0 Å². The van der Waals surface area contributed by atoms with Gasteiger partial charge in [-0.1, -0.05) is 19.1 Å². The molecule has 0 aliphatic carbocycles. The molecule has 0 aromatic heterocycles. The summed E-state index contributed by atoms with van der Waals surface area (Å²) in [6.07, 6.45) is 2.35. The number of ether oxygens (including phenoxy) is 1. The van der Waals surface area contributed by atoms with Crippen molar-refractivity contribution < 1.29 is 9.13 Å². The molecule has 0 radical (unpaired) electrons. The van der Waals surface area contributed by atoms with Gasteiger partial charge < -0.3 is 20.3 Å². The van der Waals surface area contributed by atoms with Gasteiger partial charge in [0.25, 0.3) is 0 Å². The van der Waals surface area contributed by atoms with Gasteiger partial charge in [-0.05, 0) is 50.9 Å². The number of aliphatic imine (C=N–C) groups is 1. The predicted octanol–water partition coefficient (Wildman–Crippen LogP) is 2.49. The summed E-state index contributed by atoms with van der Waals surface area (Å²) < 4.78 is 19.3. The van der Waals surface area contributed by atoms with Crippen LogP contribution in [0.15, 0.2) is 29.3 Å². The largest absolute Gasteiger partial charge is 0.486 e. The number of rotatable bonds is 7. The molecular formula is C19H31FN4O. The molecule has 1 aliphatic heterocycles. The summed E-state index contributed by atoms with van der Waals surface area (Å²) in [6, 6.07) is 6.46. The van der Waals surface area contributed by atoms with Gasteiger partial charge in [0, 0.05) is 20.1 Å². The Morgan fingerprint density at radius 1 is 1.40 bits per heavy atom. The maximum Gasteiger partial charge on any atom is 0.191 e. The topological polar surface area (TPSA) is 48.9 Å². The third-order valence-corrected chi connectivity index (χ3v) is 4.55. The van der Waals surface area contributed by atoms with Gasteiger partial charge in [-0.15, -0.1) is 0 Å². The first-order valence-electron chi connectivity index (χ1n) is 9.20. The molecule has 25 heavy (non-hydrogen) atoms. The van der Waals surface area contributed by atoms with E-state index in [-0.39, 0.29) is 17.7 Å². The summed E-state index contributed by atoms with van der Waals surface area (Å²) in [7, 11) is 1.76. The van der Waals surface area contributed by atoms with Crippen molar-refractivity contribution in [2.24, 2.45) is 10.9 Å². The summed E-state index contributed by atoms with van der Waals surface area (Å²) in [4.78, 5) is 6.76. The molecule has 1 heterocycles. The first-order chi connectivity index (χ1) is 12.1. The second kappa shape index (κ2) is 10.2. The number of nitrogens with one attached hydrogen (secondary N) is 2. The Morgan fingerprint density at radius 2 is 2.20 bits per heavy atom. The molecule has 0 bridgehead atoms.